The summed E-state index contributed by atoms with van der Waals surface area (Å²) in [6, 6.07) is 11.6. The summed E-state index contributed by atoms with van der Waals surface area (Å²) in [5.74, 6) is 0.513. The van der Waals surface area contributed by atoms with Gasteiger partial charge in [-0.05, 0) is 48.7 Å². The number of methoxy groups -OCH3 is 1. The Bertz CT molecular complexity index is 892. The van der Waals surface area contributed by atoms with E-state index in [2.05, 4.69) is 5.32 Å². The summed E-state index contributed by atoms with van der Waals surface area (Å²) in [4.78, 5) is 27.4. The number of rotatable bonds is 11. The Balaban J connectivity index is 2.23. The van der Waals surface area contributed by atoms with Gasteiger partial charge in [0.2, 0.25) is 5.91 Å². The maximum absolute atomic E-state index is 13.2. The summed E-state index contributed by atoms with van der Waals surface area (Å²) in [7, 11) is 1.58. The molecule has 0 aliphatic heterocycles. The van der Waals surface area contributed by atoms with E-state index in [1.165, 1.54) is 4.90 Å². The van der Waals surface area contributed by atoms with Crippen LogP contribution in [0.4, 0.5) is 0 Å². The van der Waals surface area contributed by atoms with Gasteiger partial charge in [0.25, 0.3) is 5.91 Å². The van der Waals surface area contributed by atoms with Gasteiger partial charge >= 0.3 is 0 Å². The summed E-state index contributed by atoms with van der Waals surface area (Å²) >= 11 is 12.1. The van der Waals surface area contributed by atoms with Gasteiger partial charge in [-0.2, -0.15) is 0 Å². The van der Waals surface area contributed by atoms with Gasteiger partial charge in [0.1, 0.15) is 17.5 Å². The molecule has 0 spiro atoms. The molecule has 8 heteroatoms. The highest BCUT2D eigenvalue weighted by Gasteiger charge is 2.29. The van der Waals surface area contributed by atoms with Crippen LogP contribution in [0.5, 0.6) is 11.5 Å². The highest BCUT2D eigenvalue weighted by atomic mass is 35.5. The third kappa shape index (κ3) is 7.33. The van der Waals surface area contributed by atoms with Crippen LogP contribution in [0.15, 0.2) is 42.5 Å². The van der Waals surface area contributed by atoms with Crippen LogP contribution in [0.2, 0.25) is 10.0 Å². The highest BCUT2D eigenvalue weighted by Crippen LogP contribution is 2.27. The number of carbonyl (C=O) groups is 2. The van der Waals surface area contributed by atoms with Gasteiger partial charge in [-0.25, -0.2) is 0 Å². The highest BCUT2D eigenvalue weighted by molar-refractivity contribution is 6.35. The SMILES string of the molecule is CCCNC(=O)C(CC)N(Cc1cccc(OC)c1)C(=O)COc1ccc(Cl)cc1Cl. The number of nitrogens with zero attached hydrogens (tertiary/aromatic N) is 1. The van der Waals surface area contributed by atoms with Crippen molar-refractivity contribution in [3.63, 3.8) is 0 Å². The molecule has 6 nitrogen and oxygen atoms in total. The number of hydrogen-bond acceptors (Lipinski definition) is 4. The second kappa shape index (κ2) is 12.4. The predicted molar refractivity (Wildman–Crippen MR) is 123 cm³/mol. The molecule has 0 radical (unpaired) electrons. The second-order valence-corrected chi connectivity index (χ2v) is 7.80. The molecule has 31 heavy (non-hydrogen) atoms. The van der Waals surface area contributed by atoms with Gasteiger partial charge in [0, 0.05) is 18.1 Å². The first kappa shape index (κ1) is 24.8. The number of carbonyl (C=O) groups excluding carboxylic acids is 2. The zero-order chi connectivity index (χ0) is 22.8. The van der Waals surface area contributed by atoms with Crippen molar-refractivity contribution in [2.24, 2.45) is 0 Å². The van der Waals surface area contributed by atoms with Crippen LogP contribution < -0.4 is 14.8 Å². The Hall–Kier alpha value is -2.44. The van der Waals surface area contributed by atoms with Crippen molar-refractivity contribution < 1.29 is 19.1 Å². The van der Waals surface area contributed by atoms with E-state index in [1.54, 1.807) is 25.3 Å². The fourth-order valence-electron chi connectivity index (χ4n) is 3.07. The van der Waals surface area contributed by atoms with Crippen LogP contribution in [0.3, 0.4) is 0 Å². The molecule has 0 aliphatic carbocycles. The van der Waals surface area contributed by atoms with Gasteiger partial charge in [-0.15, -0.1) is 0 Å². The van der Waals surface area contributed by atoms with Crippen molar-refractivity contribution in [3.8, 4) is 11.5 Å². The Kier molecular flexibility index (Phi) is 9.95. The number of hydrogen-bond donors (Lipinski definition) is 1. The molecule has 2 rings (SSSR count). The topological polar surface area (TPSA) is 67.9 Å². The first-order valence-corrected chi connectivity index (χ1v) is 10.9. The molecule has 0 heterocycles. The lowest BCUT2D eigenvalue weighted by Gasteiger charge is -2.30. The second-order valence-electron chi connectivity index (χ2n) is 6.95. The first-order chi connectivity index (χ1) is 14.9. The molecular formula is C23H28Cl2N2O4. The molecule has 1 unspecified atom stereocenters. The van der Waals surface area contributed by atoms with E-state index in [4.69, 9.17) is 32.7 Å². The third-order valence-electron chi connectivity index (χ3n) is 4.67. The van der Waals surface area contributed by atoms with E-state index in [1.807, 2.05) is 38.1 Å². The van der Waals surface area contributed by atoms with E-state index >= 15 is 0 Å². The van der Waals surface area contributed by atoms with Crippen LogP contribution in [0, 0.1) is 0 Å². The lowest BCUT2D eigenvalue weighted by molar-refractivity contribution is -0.143. The number of nitrogens with one attached hydrogen (secondary N) is 1. The van der Waals surface area contributed by atoms with E-state index in [0.717, 1.165) is 12.0 Å². The third-order valence-corrected chi connectivity index (χ3v) is 5.20. The largest absolute Gasteiger partial charge is 0.497 e. The maximum Gasteiger partial charge on any atom is 0.261 e. The van der Waals surface area contributed by atoms with Crippen LogP contribution in [-0.2, 0) is 16.1 Å². The van der Waals surface area contributed by atoms with Crippen molar-refractivity contribution in [3.05, 3.63) is 58.1 Å². The molecule has 0 saturated heterocycles. The van der Waals surface area contributed by atoms with Crippen molar-refractivity contribution in [2.75, 3.05) is 20.3 Å². The fourth-order valence-corrected chi connectivity index (χ4v) is 3.53. The molecule has 168 valence electrons. The Labute approximate surface area is 193 Å². The van der Waals surface area contributed by atoms with Crippen molar-refractivity contribution >= 4 is 35.0 Å². The van der Waals surface area contributed by atoms with Gasteiger partial charge in [-0.1, -0.05) is 49.2 Å². The minimum Gasteiger partial charge on any atom is -0.497 e. The zero-order valence-electron chi connectivity index (χ0n) is 18.0. The van der Waals surface area contributed by atoms with Crippen LogP contribution >= 0.6 is 23.2 Å². The minimum atomic E-state index is -0.630. The normalized spacial score (nSPS) is 11.5. The smallest absolute Gasteiger partial charge is 0.261 e. The Morgan fingerprint density at radius 1 is 1.13 bits per heavy atom. The molecule has 0 bridgehead atoms. The molecule has 0 fully saturated rings. The summed E-state index contributed by atoms with van der Waals surface area (Å²) in [5, 5.41) is 3.67. The van der Waals surface area contributed by atoms with Gasteiger partial charge in [0.15, 0.2) is 6.61 Å². The quantitative estimate of drug-likeness (QED) is 0.520. The van der Waals surface area contributed by atoms with Gasteiger partial charge < -0.3 is 19.7 Å². The number of halogens is 2. The Morgan fingerprint density at radius 2 is 1.90 bits per heavy atom. The molecular weight excluding hydrogens is 439 g/mol. The summed E-state index contributed by atoms with van der Waals surface area (Å²) in [5.41, 5.74) is 0.846. The van der Waals surface area contributed by atoms with Crippen molar-refractivity contribution in [1.29, 1.82) is 0 Å². The molecule has 2 aromatic rings. The monoisotopic (exact) mass is 466 g/mol. The van der Waals surface area contributed by atoms with Gasteiger partial charge in [-0.3, -0.25) is 9.59 Å². The summed E-state index contributed by atoms with van der Waals surface area (Å²) in [6.07, 6.45) is 1.27. The number of benzene rings is 2. The van der Waals surface area contributed by atoms with Crippen molar-refractivity contribution in [2.45, 2.75) is 39.3 Å². The predicted octanol–water partition coefficient (Wildman–Crippen LogP) is 4.71. The maximum atomic E-state index is 13.2. The molecule has 0 aliphatic rings. The van der Waals surface area contributed by atoms with Crippen LogP contribution in [-0.4, -0.2) is 43.0 Å². The zero-order valence-corrected chi connectivity index (χ0v) is 19.5. The lowest BCUT2D eigenvalue weighted by Crippen LogP contribution is -2.50. The van der Waals surface area contributed by atoms with Crippen LogP contribution in [0.25, 0.3) is 0 Å². The molecule has 0 aromatic heterocycles. The minimum absolute atomic E-state index is 0.190. The standard InChI is InChI=1S/C23H28Cl2N2O4/c1-4-11-26-23(29)20(5-2)27(14-16-7-6-8-18(12-16)30-3)22(28)15-31-21-10-9-17(24)13-19(21)25/h6-10,12-13,20H,4-5,11,14-15H2,1-3H3,(H,26,29). The fraction of sp³-hybridized carbons (Fsp3) is 0.391. The van der Waals surface area contributed by atoms with Gasteiger partial charge in [0.05, 0.1) is 12.1 Å². The van der Waals surface area contributed by atoms with E-state index < -0.39 is 6.04 Å². The van der Waals surface area contributed by atoms with Crippen LogP contribution in [0.1, 0.15) is 32.3 Å². The molecule has 0 saturated carbocycles. The summed E-state index contributed by atoms with van der Waals surface area (Å²) < 4.78 is 10.9. The molecule has 2 amide bonds. The first-order valence-electron chi connectivity index (χ1n) is 10.2. The average Bonchev–Trinajstić information content (AvgIpc) is 2.76. The van der Waals surface area contributed by atoms with E-state index in [0.29, 0.717) is 34.5 Å². The molecule has 1 atom stereocenters. The Morgan fingerprint density at radius 3 is 2.55 bits per heavy atom. The van der Waals surface area contributed by atoms with Crippen molar-refractivity contribution in [1.82, 2.24) is 10.2 Å². The molecule has 1 N–H and O–H groups in total. The lowest BCUT2D eigenvalue weighted by atomic mass is 10.1. The molecule has 2 aromatic carbocycles. The van der Waals surface area contributed by atoms with E-state index in [-0.39, 0.29) is 25.0 Å². The average molecular weight is 467 g/mol. The summed E-state index contributed by atoms with van der Waals surface area (Å²) in [6.45, 7) is 4.38. The number of ether oxygens (including phenoxy) is 2. The van der Waals surface area contributed by atoms with E-state index in [9.17, 15) is 9.59 Å². The number of amides is 2.